The van der Waals surface area contributed by atoms with Gasteiger partial charge in [0.25, 0.3) is 0 Å². The zero-order valence-corrected chi connectivity index (χ0v) is 18.0. The number of aromatic nitrogens is 4. The average Bonchev–Trinajstić information content (AvgIpc) is 3.35. The minimum absolute atomic E-state index is 0.270. The van der Waals surface area contributed by atoms with Crippen molar-refractivity contribution < 1.29 is 9.53 Å². The van der Waals surface area contributed by atoms with Crippen LogP contribution in [0.4, 0.5) is 10.5 Å². The van der Waals surface area contributed by atoms with Crippen molar-refractivity contribution in [2.75, 3.05) is 23.0 Å². The molecule has 0 bridgehead atoms. The second-order valence-electron chi connectivity index (χ2n) is 8.45. The van der Waals surface area contributed by atoms with E-state index >= 15 is 0 Å². The van der Waals surface area contributed by atoms with E-state index < -0.39 is 0 Å². The summed E-state index contributed by atoms with van der Waals surface area (Å²) in [5, 5.41) is 17.5. The maximum absolute atomic E-state index is 12.3. The molecule has 160 valence electrons. The van der Waals surface area contributed by atoms with Gasteiger partial charge >= 0.3 is 6.09 Å². The van der Waals surface area contributed by atoms with Gasteiger partial charge in [-0.1, -0.05) is 23.4 Å². The van der Waals surface area contributed by atoms with Crippen molar-refractivity contribution in [3.05, 3.63) is 60.7 Å². The Morgan fingerprint density at radius 1 is 1.16 bits per heavy atom. The number of hydrogen-bond donors (Lipinski definition) is 0. The summed E-state index contributed by atoms with van der Waals surface area (Å²) in [5.41, 5.74) is 3.30. The number of amides is 1. The smallest absolute Gasteiger partial charge is 0.414 e. The van der Waals surface area contributed by atoms with E-state index in [0.717, 1.165) is 34.0 Å². The van der Waals surface area contributed by atoms with Crippen molar-refractivity contribution in [2.24, 2.45) is 11.8 Å². The van der Waals surface area contributed by atoms with Gasteiger partial charge in [0.2, 0.25) is 0 Å². The number of rotatable bonds is 5. The molecule has 3 aliphatic rings. The largest absolute Gasteiger partial charge is 0.442 e. The van der Waals surface area contributed by atoms with Gasteiger partial charge < -0.3 is 4.74 Å². The van der Waals surface area contributed by atoms with Gasteiger partial charge in [0, 0.05) is 23.6 Å². The van der Waals surface area contributed by atoms with E-state index in [1.54, 1.807) is 22.0 Å². The molecule has 6 rings (SSSR count). The molecule has 4 atom stereocenters. The van der Waals surface area contributed by atoms with Crippen LogP contribution in [-0.4, -0.2) is 50.2 Å². The lowest BCUT2D eigenvalue weighted by molar-refractivity contribution is 0.129. The monoisotopic (exact) mass is 444 g/mol. The lowest BCUT2D eigenvalue weighted by Crippen LogP contribution is -2.26. The fraction of sp³-hybridized carbons (Fsp3) is 0.348. The molecule has 1 aromatic carbocycles. The predicted molar refractivity (Wildman–Crippen MR) is 119 cm³/mol. The highest BCUT2D eigenvalue weighted by atomic mass is 32.2. The van der Waals surface area contributed by atoms with Crippen molar-refractivity contribution in [2.45, 2.75) is 18.1 Å². The van der Waals surface area contributed by atoms with Gasteiger partial charge in [-0.3, -0.25) is 9.88 Å². The highest BCUT2D eigenvalue weighted by Gasteiger charge is 2.69. The van der Waals surface area contributed by atoms with Gasteiger partial charge in [-0.2, -0.15) is 17.0 Å². The van der Waals surface area contributed by atoms with Gasteiger partial charge in [0.1, 0.15) is 11.5 Å². The van der Waals surface area contributed by atoms with Crippen LogP contribution in [0, 0.1) is 23.2 Å². The maximum Gasteiger partial charge on any atom is 0.414 e. The van der Waals surface area contributed by atoms with Crippen molar-refractivity contribution >= 4 is 23.5 Å². The Bertz CT molecular complexity index is 1180. The first-order valence-corrected chi connectivity index (χ1v) is 11.7. The Hall–Kier alpha value is -3.38. The second kappa shape index (κ2) is 7.35. The Morgan fingerprint density at radius 2 is 1.94 bits per heavy atom. The molecule has 2 aliphatic heterocycles. The Balaban J connectivity index is 1.16. The lowest BCUT2D eigenvalue weighted by atomic mass is 9.97. The normalized spacial score (nSPS) is 28.3. The van der Waals surface area contributed by atoms with E-state index in [0.29, 0.717) is 24.9 Å². The van der Waals surface area contributed by atoms with Gasteiger partial charge in [0.05, 0.1) is 31.0 Å². The summed E-state index contributed by atoms with van der Waals surface area (Å²) in [6, 6.07) is 14.4. The van der Waals surface area contributed by atoms with Crippen molar-refractivity contribution in [1.82, 2.24) is 20.0 Å². The molecule has 32 heavy (non-hydrogen) atoms. The third-order valence-corrected chi connectivity index (χ3v) is 7.95. The van der Waals surface area contributed by atoms with E-state index in [1.165, 1.54) is 0 Å². The summed E-state index contributed by atoms with van der Waals surface area (Å²) in [6.07, 6.45) is 4.57. The SMILES string of the molecule is N#CC1(c2ccc(-c3ccc(N4C[C@H](Cn5ccnn5)OC4=O)cc3)cn2)[C@@H]2CSC[C@@H]21. The number of cyclic esters (lactones) is 1. The number of carbonyl (C=O) groups is 1. The fourth-order valence-electron chi connectivity index (χ4n) is 4.97. The molecule has 1 unspecified atom stereocenters. The van der Waals surface area contributed by atoms with Gasteiger partial charge in [0.15, 0.2) is 0 Å². The van der Waals surface area contributed by atoms with Crippen molar-refractivity contribution in [3.8, 4) is 17.2 Å². The predicted octanol–water partition coefficient (Wildman–Crippen LogP) is 3.12. The molecule has 0 radical (unpaired) electrons. The number of hydrogen-bond acceptors (Lipinski definition) is 7. The van der Waals surface area contributed by atoms with E-state index in [4.69, 9.17) is 4.74 Å². The highest BCUT2D eigenvalue weighted by Crippen LogP contribution is 2.65. The topological polar surface area (TPSA) is 96.9 Å². The molecule has 2 aromatic heterocycles. The van der Waals surface area contributed by atoms with Crippen LogP contribution in [0.5, 0.6) is 0 Å². The molecule has 9 heteroatoms. The number of fused-ring (bicyclic) bond motifs is 1. The zero-order chi connectivity index (χ0) is 21.7. The number of pyridine rings is 1. The molecular weight excluding hydrogens is 424 g/mol. The standard InChI is InChI=1S/C23H20N6O2S/c24-14-23(19-12-32-13-20(19)23)21-6-3-16(9-25-21)15-1-4-17(5-2-15)29-11-18(31-22(29)30)10-28-8-7-26-27-28/h1-9,18-20H,10-13H2/t18-,19-,20+,23?/m0/s1. The minimum Gasteiger partial charge on any atom is -0.442 e. The van der Waals surface area contributed by atoms with Gasteiger partial charge in [-0.05, 0) is 47.1 Å². The number of anilines is 1. The molecule has 3 fully saturated rings. The number of benzene rings is 1. The summed E-state index contributed by atoms with van der Waals surface area (Å²) >= 11 is 1.93. The molecule has 2 saturated heterocycles. The summed E-state index contributed by atoms with van der Waals surface area (Å²) < 4.78 is 7.13. The second-order valence-corrected chi connectivity index (χ2v) is 9.53. The van der Waals surface area contributed by atoms with Crippen LogP contribution in [-0.2, 0) is 16.7 Å². The molecule has 3 aromatic rings. The first kappa shape index (κ1) is 19.3. The minimum atomic E-state index is -0.382. The van der Waals surface area contributed by atoms with Crippen LogP contribution < -0.4 is 4.90 Å². The number of nitriles is 1. The van der Waals surface area contributed by atoms with E-state index in [1.807, 2.05) is 54.4 Å². The third kappa shape index (κ3) is 2.98. The lowest BCUT2D eigenvalue weighted by Gasteiger charge is -2.14. The fourth-order valence-corrected chi connectivity index (χ4v) is 6.60. The molecule has 1 aliphatic carbocycles. The van der Waals surface area contributed by atoms with Crippen LogP contribution in [0.2, 0.25) is 0 Å². The molecule has 0 N–H and O–H groups in total. The number of carbonyl (C=O) groups excluding carboxylic acids is 1. The number of thioether (sulfide) groups is 1. The van der Waals surface area contributed by atoms with E-state index in [-0.39, 0.29) is 17.6 Å². The first-order chi connectivity index (χ1) is 15.7. The number of nitrogens with zero attached hydrogens (tertiary/aromatic N) is 6. The van der Waals surface area contributed by atoms with E-state index in [9.17, 15) is 10.1 Å². The molecule has 1 saturated carbocycles. The summed E-state index contributed by atoms with van der Waals surface area (Å²) in [6.45, 7) is 0.939. The van der Waals surface area contributed by atoms with Crippen molar-refractivity contribution in [3.63, 3.8) is 0 Å². The summed E-state index contributed by atoms with van der Waals surface area (Å²) in [7, 11) is 0. The van der Waals surface area contributed by atoms with Crippen LogP contribution in [0.25, 0.3) is 11.1 Å². The van der Waals surface area contributed by atoms with Gasteiger partial charge in [-0.25, -0.2) is 9.48 Å². The van der Waals surface area contributed by atoms with Crippen LogP contribution in [0.15, 0.2) is 55.0 Å². The summed E-state index contributed by atoms with van der Waals surface area (Å²) in [5.74, 6) is 3.01. The maximum atomic E-state index is 12.3. The highest BCUT2D eigenvalue weighted by molar-refractivity contribution is 7.99. The average molecular weight is 445 g/mol. The van der Waals surface area contributed by atoms with Gasteiger partial charge in [-0.15, -0.1) is 5.10 Å². The number of ether oxygens (including phenoxy) is 1. The van der Waals surface area contributed by atoms with Crippen LogP contribution in [0.1, 0.15) is 5.69 Å². The quantitative estimate of drug-likeness (QED) is 0.596. The molecule has 4 heterocycles. The van der Waals surface area contributed by atoms with Crippen molar-refractivity contribution in [1.29, 1.82) is 5.26 Å². The molecular formula is C23H20N6O2S. The third-order valence-electron chi connectivity index (χ3n) is 6.76. The van der Waals surface area contributed by atoms with Crippen LogP contribution >= 0.6 is 11.8 Å². The van der Waals surface area contributed by atoms with Crippen LogP contribution in [0.3, 0.4) is 0 Å². The Morgan fingerprint density at radius 3 is 2.59 bits per heavy atom. The molecule has 0 spiro atoms. The Kier molecular flexibility index (Phi) is 4.43. The molecule has 8 nitrogen and oxygen atoms in total. The Labute approximate surface area is 189 Å². The first-order valence-electron chi connectivity index (χ1n) is 10.6. The zero-order valence-electron chi connectivity index (χ0n) is 17.2. The molecule has 1 amide bonds. The summed E-state index contributed by atoms with van der Waals surface area (Å²) in [4.78, 5) is 18.6. The van der Waals surface area contributed by atoms with E-state index in [2.05, 4.69) is 21.4 Å².